The summed E-state index contributed by atoms with van der Waals surface area (Å²) in [6, 6.07) is 3.81. The van der Waals surface area contributed by atoms with Gasteiger partial charge in [-0.1, -0.05) is 0 Å². The predicted molar refractivity (Wildman–Crippen MR) is 74.8 cm³/mol. The number of anilines is 1. The Morgan fingerprint density at radius 1 is 1.37 bits per heavy atom. The number of hydrogen-bond donors (Lipinski definition) is 0. The largest absolute Gasteiger partial charge is 0.416 e. The zero-order chi connectivity index (χ0) is 14.0. The summed E-state index contributed by atoms with van der Waals surface area (Å²) in [7, 11) is 0. The lowest BCUT2D eigenvalue weighted by Gasteiger charge is -2.21. The van der Waals surface area contributed by atoms with Crippen molar-refractivity contribution in [2.24, 2.45) is 5.92 Å². The highest BCUT2D eigenvalue weighted by Gasteiger charge is 2.31. The van der Waals surface area contributed by atoms with Crippen molar-refractivity contribution in [1.82, 2.24) is 0 Å². The molecule has 0 radical (unpaired) electrons. The predicted octanol–water partition coefficient (Wildman–Crippen LogP) is 4.92. The van der Waals surface area contributed by atoms with Gasteiger partial charge in [-0.3, -0.25) is 0 Å². The Kier molecular flexibility index (Phi) is 4.66. The van der Waals surface area contributed by atoms with E-state index in [2.05, 4.69) is 20.8 Å². The van der Waals surface area contributed by atoms with E-state index in [1.54, 1.807) is 0 Å². The lowest BCUT2D eigenvalue weighted by molar-refractivity contribution is -0.137. The van der Waals surface area contributed by atoms with Gasteiger partial charge in [-0.2, -0.15) is 13.2 Å². The van der Waals surface area contributed by atoms with Crippen molar-refractivity contribution < 1.29 is 13.2 Å². The van der Waals surface area contributed by atoms with Crippen molar-refractivity contribution in [3.63, 3.8) is 0 Å². The van der Waals surface area contributed by atoms with Gasteiger partial charge in [0.25, 0.3) is 0 Å². The lowest BCUT2D eigenvalue weighted by Crippen LogP contribution is -2.20. The van der Waals surface area contributed by atoms with Crippen LogP contribution >= 0.6 is 27.5 Å². The fourth-order valence-corrected chi connectivity index (χ4v) is 3.32. The van der Waals surface area contributed by atoms with E-state index in [-0.39, 0.29) is 0 Å². The van der Waals surface area contributed by atoms with Crippen molar-refractivity contribution >= 4 is 33.2 Å². The SMILES string of the molecule is FC(F)(F)c1ccc(N2CCC(CCCl)C2)c(Br)c1. The van der Waals surface area contributed by atoms with Crippen molar-refractivity contribution in [2.75, 3.05) is 23.9 Å². The maximum Gasteiger partial charge on any atom is 0.416 e. The third-order valence-electron chi connectivity index (χ3n) is 3.42. The summed E-state index contributed by atoms with van der Waals surface area (Å²) in [5.74, 6) is 1.17. The first-order valence-electron chi connectivity index (χ1n) is 6.09. The highest BCUT2D eigenvalue weighted by molar-refractivity contribution is 9.10. The van der Waals surface area contributed by atoms with E-state index in [0.717, 1.165) is 43.8 Å². The Bertz CT molecular complexity index is 450. The molecule has 0 N–H and O–H groups in total. The number of rotatable bonds is 3. The molecular weight excluding hydrogens is 343 g/mol. The molecule has 1 aromatic carbocycles. The minimum Gasteiger partial charge on any atom is -0.370 e. The molecule has 106 valence electrons. The molecule has 1 atom stereocenters. The molecule has 1 unspecified atom stereocenters. The summed E-state index contributed by atoms with van der Waals surface area (Å²) in [5, 5.41) is 0. The summed E-state index contributed by atoms with van der Waals surface area (Å²) >= 11 is 8.97. The minimum absolute atomic E-state index is 0.494. The van der Waals surface area contributed by atoms with Crippen LogP contribution in [0.4, 0.5) is 18.9 Å². The molecule has 19 heavy (non-hydrogen) atoms. The molecule has 6 heteroatoms. The molecule has 1 saturated heterocycles. The van der Waals surface area contributed by atoms with E-state index >= 15 is 0 Å². The first-order chi connectivity index (χ1) is 8.91. The first-order valence-corrected chi connectivity index (χ1v) is 7.42. The van der Waals surface area contributed by atoms with Crippen LogP contribution in [-0.2, 0) is 6.18 Å². The molecule has 1 aromatic rings. The summed E-state index contributed by atoms with van der Waals surface area (Å²) in [5.41, 5.74) is 0.199. The summed E-state index contributed by atoms with van der Waals surface area (Å²) in [4.78, 5) is 2.11. The molecule has 0 aliphatic carbocycles. The number of nitrogens with zero attached hydrogens (tertiary/aromatic N) is 1. The van der Waals surface area contributed by atoms with Gasteiger partial charge in [0.1, 0.15) is 0 Å². The Labute approximate surface area is 123 Å². The summed E-state index contributed by atoms with van der Waals surface area (Å²) < 4.78 is 38.3. The highest BCUT2D eigenvalue weighted by atomic mass is 79.9. The lowest BCUT2D eigenvalue weighted by atomic mass is 10.1. The van der Waals surface area contributed by atoms with Crippen LogP contribution in [0.1, 0.15) is 18.4 Å². The number of halogens is 5. The topological polar surface area (TPSA) is 3.24 Å². The van der Waals surface area contributed by atoms with Crippen LogP contribution in [0.5, 0.6) is 0 Å². The monoisotopic (exact) mass is 355 g/mol. The maximum absolute atomic E-state index is 12.6. The van der Waals surface area contributed by atoms with Gasteiger partial charge in [0.2, 0.25) is 0 Å². The average Bonchev–Trinajstić information content (AvgIpc) is 2.76. The van der Waals surface area contributed by atoms with Crippen molar-refractivity contribution in [2.45, 2.75) is 19.0 Å². The van der Waals surface area contributed by atoms with Gasteiger partial charge >= 0.3 is 6.18 Å². The maximum atomic E-state index is 12.6. The van der Waals surface area contributed by atoms with Crippen LogP contribution in [0.3, 0.4) is 0 Å². The molecule has 1 heterocycles. The minimum atomic E-state index is -4.30. The summed E-state index contributed by atoms with van der Waals surface area (Å²) in [6.07, 6.45) is -2.30. The fraction of sp³-hybridized carbons (Fsp3) is 0.538. The Balaban J connectivity index is 2.14. The van der Waals surface area contributed by atoms with E-state index < -0.39 is 11.7 Å². The highest BCUT2D eigenvalue weighted by Crippen LogP contribution is 2.37. The van der Waals surface area contributed by atoms with Crippen molar-refractivity contribution in [3.05, 3.63) is 28.2 Å². The van der Waals surface area contributed by atoms with Crippen LogP contribution in [0.2, 0.25) is 0 Å². The second-order valence-electron chi connectivity index (χ2n) is 4.74. The van der Waals surface area contributed by atoms with E-state index in [0.29, 0.717) is 16.3 Å². The summed E-state index contributed by atoms with van der Waals surface area (Å²) in [6.45, 7) is 1.72. The molecule has 0 aromatic heterocycles. The zero-order valence-electron chi connectivity index (χ0n) is 10.2. The molecule has 0 spiro atoms. The quantitative estimate of drug-likeness (QED) is 0.695. The van der Waals surface area contributed by atoms with Crippen LogP contribution in [0.15, 0.2) is 22.7 Å². The molecule has 0 bridgehead atoms. The normalized spacial score (nSPS) is 20.1. The molecule has 1 aliphatic rings. The van der Waals surface area contributed by atoms with Crippen molar-refractivity contribution in [1.29, 1.82) is 0 Å². The van der Waals surface area contributed by atoms with Gasteiger partial charge in [0, 0.05) is 23.4 Å². The van der Waals surface area contributed by atoms with Gasteiger partial charge < -0.3 is 4.90 Å². The number of hydrogen-bond acceptors (Lipinski definition) is 1. The molecule has 0 saturated carbocycles. The van der Waals surface area contributed by atoms with Gasteiger partial charge in [-0.05, 0) is 52.9 Å². The third kappa shape index (κ3) is 3.57. The van der Waals surface area contributed by atoms with Crippen LogP contribution in [0, 0.1) is 5.92 Å². The molecule has 2 rings (SSSR count). The van der Waals surface area contributed by atoms with Crippen LogP contribution < -0.4 is 4.90 Å². The number of benzene rings is 1. The van der Waals surface area contributed by atoms with Gasteiger partial charge in [0.05, 0.1) is 11.3 Å². The second kappa shape index (κ2) is 5.92. The van der Waals surface area contributed by atoms with Crippen LogP contribution in [-0.4, -0.2) is 19.0 Å². The standard InChI is InChI=1S/C13H14BrClF3N/c14-11-7-10(13(16,17)18)1-2-12(11)19-6-4-9(8-19)3-5-15/h1-2,7,9H,3-6,8H2. The van der Waals surface area contributed by atoms with Crippen molar-refractivity contribution in [3.8, 4) is 0 Å². The van der Waals surface area contributed by atoms with Gasteiger partial charge in [-0.15, -0.1) is 11.6 Å². The van der Waals surface area contributed by atoms with E-state index in [1.165, 1.54) is 6.07 Å². The van der Waals surface area contributed by atoms with Crippen LogP contribution in [0.25, 0.3) is 0 Å². The Hall–Kier alpha value is -0.420. The van der Waals surface area contributed by atoms with Gasteiger partial charge in [0.15, 0.2) is 0 Å². The molecule has 1 fully saturated rings. The molecule has 1 nitrogen and oxygen atoms in total. The molecular formula is C13H14BrClF3N. The average molecular weight is 357 g/mol. The fourth-order valence-electron chi connectivity index (χ4n) is 2.38. The first kappa shape index (κ1) is 15.0. The van der Waals surface area contributed by atoms with E-state index in [9.17, 15) is 13.2 Å². The zero-order valence-corrected chi connectivity index (χ0v) is 12.5. The smallest absolute Gasteiger partial charge is 0.370 e. The van der Waals surface area contributed by atoms with Gasteiger partial charge in [-0.25, -0.2) is 0 Å². The van der Waals surface area contributed by atoms with E-state index in [4.69, 9.17) is 11.6 Å². The third-order valence-corrected chi connectivity index (χ3v) is 4.27. The Morgan fingerprint density at radius 3 is 2.68 bits per heavy atom. The Morgan fingerprint density at radius 2 is 2.11 bits per heavy atom. The number of alkyl halides is 4. The molecule has 0 amide bonds. The van der Waals surface area contributed by atoms with E-state index in [1.807, 2.05) is 0 Å². The molecule has 1 aliphatic heterocycles. The second-order valence-corrected chi connectivity index (χ2v) is 5.97.